The molecule has 2 aromatic rings. The second-order valence-electron chi connectivity index (χ2n) is 3.74. The van der Waals surface area contributed by atoms with Crippen molar-refractivity contribution in [1.82, 2.24) is 0 Å². The van der Waals surface area contributed by atoms with Crippen LogP contribution in [-0.2, 0) is 0 Å². The number of nitrogens with zero attached hydrogens (tertiary/aromatic N) is 2. The summed E-state index contributed by atoms with van der Waals surface area (Å²) >= 11 is 5.81. The second kappa shape index (κ2) is 5.49. The molecule has 5 nitrogen and oxygen atoms in total. The van der Waals surface area contributed by atoms with Crippen LogP contribution in [-0.4, -0.2) is 16.2 Å². The molecule has 0 unspecified atom stereocenters. The molecule has 0 saturated heterocycles. The van der Waals surface area contributed by atoms with Gasteiger partial charge in [0.25, 0.3) is 5.69 Å². The van der Waals surface area contributed by atoms with Crippen LogP contribution >= 0.6 is 11.6 Å². The fourth-order valence-electron chi connectivity index (χ4n) is 1.46. The minimum atomic E-state index is -0.532. The van der Waals surface area contributed by atoms with Crippen LogP contribution in [0, 0.1) is 10.1 Å². The summed E-state index contributed by atoms with van der Waals surface area (Å²) in [7, 11) is 0. The lowest BCUT2D eigenvalue weighted by Crippen LogP contribution is -1.90. The Balaban J connectivity index is 2.32. The molecule has 19 heavy (non-hydrogen) atoms. The molecule has 0 fully saturated rings. The van der Waals surface area contributed by atoms with Crippen LogP contribution in [0.5, 0.6) is 5.75 Å². The number of non-ortho nitro benzene ring substituents is 1. The second-order valence-corrected chi connectivity index (χ2v) is 4.17. The van der Waals surface area contributed by atoms with E-state index in [1.807, 2.05) is 0 Å². The number of halogens is 1. The van der Waals surface area contributed by atoms with Gasteiger partial charge in [0.1, 0.15) is 5.75 Å². The zero-order chi connectivity index (χ0) is 13.8. The van der Waals surface area contributed by atoms with Gasteiger partial charge in [0.05, 0.1) is 10.6 Å². The van der Waals surface area contributed by atoms with Gasteiger partial charge in [0.2, 0.25) is 0 Å². The molecule has 0 aliphatic rings. The summed E-state index contributed by atoms with van der Waals surface area (Å²) in [5.41, 5.74) is 0.762. The van der Waals surface area contributed by atoms with Crippen molar-refractivity contribution in [3.63, 3.8) is 0 Å². The zero-order valence-corrected chi connectivity index (χ0v) is 10.4. The van der Waals surface area contributed by atoms with Gasteiger partial charge in [-0.25, -0.2) is 0 Å². The van der Waals surface area contributed by atoms with E-state index in [0.717, 1.165) is 0 Å². The molecule has 2 rings (SSSR count). The number of phenols is 1. The molecule has 0 bridgehead atoms. The highest BCUT2D eigenvalue weighted by molar-refractivity contribution is 6.30. The van der Waals surface area contributed by atoms with Gasteiger partial charge in [-0.3, -0.25) is 15.1 Å². The van der Waals surface area contributed by atoms with Crippen molar-refractivity contribution < 1.29 is 10.0 Å². The van der Waals surface area contributed by atoms with E-state index in [4.69, 9.17) is 11.6 Å². The summed E-state index contributed by atoms with van der Waals surface area (Å²) in [5.74, 6) is -0.0728. The summed E-state index contributed by atoms with van der Waals surface area (Å²) in [4.78, 5) is 14.2. The summed E-state index contributed by atoms with van der Waals surface area (Å²) < 4.78 is 0. The lowest BCUT2D eigenvalue weighted by atomic mass is 10.2. The van der Waals surface area contributed by atoms with Crippen LogP contribution in [0.2, 0.25) is 5.02 Å². The molecule has 6 heteroatoms. The van der Waals surface area contributed by atoms with Gasteiger partial charge in [-0.15, -0.1) is 0 Å². The quantitative estimate of drug-likeness (QED) is 0.527. The largest absolute Gasteiger partial charge is 0.507 e. The van der Waals surface area contributed by atoms with Crippen LogP contribution in [0.4, 0.5) is 11.4 Å². The molecule has 0 radical (unpaired) electrons. The highest BCUT2D eigenvalue weighted by Gasteiger charge is 2.08. The van der Waals surface area contributed by atoms with Gasteiger partial charge in [0.15, 0.2) is 0 Å². The molecule has 0 heterocycles. The molecule has 0 saturated carbocycles. The predicted molar refractivity (Wildman–Crippen MR) is 73.5 cm³/mol. The van der Waals surface area contributed by atoms with E-state index in [0.29, 0.717) is 10.7 Å². The molecule has 0 aromatic heterocycles. The summed E-state index contributed by atoms with van der Waals surface area (Å²) in [6, 6.07) is 10.6. The summed E-state index contributed by atoms with van der Waals surface area (Å²) in [5, 5.41) is 20.8. The number of aromatic hydroxyl groups is 1. The van der Waals surface area contributed by atoms with E-state index in [2.05, 4.69) is 4.99 Å². The first-order chi connectivity index (χ1) is 9.06. The molecule has 2 aromatic carbocycles. The van der Waals surface area contributed by atoms with Crippen LogP contribution in [0.1, 0.15) is 5.56 Å². The van der Waals surface area contributed by atoms with Crippen molar-refractivity contribution in [3.05, 3.63) is 63.2 Å². The third-order valence-electron chi connectivity index (χ3n) is 2.38. The Labute approximate surface area is 113 Å². The monoisotopic (exact) mass is 276 g/mol. The molecule has 0 amide bonds. The van der Waals surface area contributed by atoms with Gasteiger partial charge < -0.3 is 5.11 Å². The van der Waals surface area contributed by atoms with E-state index < -0.39 is 4.92 Å². The number of phenolic OH excluding ortho intramolecular Hbond substituents is 1. The third-order valence-corrected chi connectivity index (χ3v) is 2.62. The molecule has 96 valence electrons. The van der Waals surface area contributed by atoms with E-state index in [1.54, 1.807) is 24.3 Å². The van der Waals surface area contributed by atoms with Crippen molar-refractivity contribution in [2.45, 2.75) is 0 Å². The number of benzene rings is 2. The Kier molecular flexibility index (Phi) is 3.77. The Morgan fingerprint density at radius 2 is 2.05 bits per heavy atom. The fourth-order valence-corrected chi connectivity index (χ4v) is 1.64. The normalized spacial score (nSPS) is 10.8. The topological polar surface area (TPSA) is 75.7 Å². The average molecular weight is 277 g/mol. The molecule has 0 atom stereocenters. The first-order valence-electron chi connectivity index (χ1n) is 5.33. The van der Waals surface area contributed by atoms with Crippen molar-refractivity contribution in [2.75, 3.05) is 0 Å². The van der Waals surface area contributed by atoms with E-state index in [9.17, 15) is 15.2 Å². The highest BCUT2D eigenvalue weighted by atomic mass is 35.5. The van der Waals surface area contributed by atoms with Gasteiger partial charge in [-0.05, 0) is 24.3 Å². The lowest BCUT2D eigenvalue weighted by molar-refractivity contribution is -0.384. The Hall–Kier alpha value is -2.40. The number of hydrogen-bond acceptors (Lipinski definition) is 4. The van der Waals surface area contributed by atoms with Gasteiger partial charge in [-0.1, -0.05) is 17.7 Å². The molecule has 0 aliphatic carbocycles. The van der Waals surface area contributed by atoms with E-state index in [-0.39, 0.29) is 17.0 Å². The van der Waals surface area contributed by atoms with Crippen molar-refractivity contribution in [2.24, 2.45) is 4.99 Å². The van der Waals surface area contributed by atoms with E-state index in [1.165, 1.54) is 24.4 Å². The maximum Gasteiger partial charge on any atom is 0.270 e. The first kappa shape index (κ1) is 13.0. The van der Waals surface area contributed by atoms with Gasteiger partial charge in [0, 0.05) is 28.9 Å². The van der Waals surface area contributed by atoms with Gasteiger partial charge >= 0.3 is 0 Å². The number of hydrogen-bond donors (Lipinski definition) is 1. The SMILES string of the molecule is O=[N+]([O-])c1ccc(O)c(C=Nc2cccc(Cl)c2)c1. The Morgan fingerprint density at radius 1 is 1.26 bits per heavy atom. The van der Waals surface area contributed by atoms with Crippen molar-refractivity contribution in [3.8, 4) is 5.75 Å². The number of aliphatic imine (C=N–C) groups is 1. The van der Waals surface area contributed by atoms with Crippen molar-refractivity contribution >= 4 is 29.2 Å². The lowest BCUT2D eigenvalue weighted by Gasteiger charge is -1.99. The molecular formula is C13H9ClN2O3. The Bertz CT molecular complexity index is 656. The maximum absolute atomic E-state index is 10.6. The summed E-state index contributed by atoms with van der Waals surface area (Å²) in [6.45, 7) is 0. The number of nitro groups is 1. The fraction of sp³-hybridized carbons (Fsp3) is 0. The average Bonchev–Trinajstić information content (AvgIpc) is 2.37. The van der Waals surface area contributed by atoms with Gasteiger partial charge in [-0.2, -0.15) is 0 Å². The Morgan fingerprint density at radius 3 is 2.74 bits per heavy atom. The minimum absolute atomic E-state index is 0.0728. The van der Waals surface area contributed by atoms with E-state index >= 15 is 0 Å². The van der Waals surface area contributed by atoms with Crippen LogP contribution in [0.25, 0.3) is 0 Å². The van der Waals surface area contributed by atoms with Crippen LogP contribution < -0.4 is 0 Å². The van der Waals surface area contributed by atoms with Crippen LogP contribution in [0.3, 0.4) is 0 Å². The smallest absolute Gasteiger partial charge is 0.270 e. The molecular weight excluding hydrogens is 268 g/mol. The van der Waals surface area contributed by atoms with Crippen molar-refractivity contribution in [1.29, 1.82) is 0 Å². The highest BCUT2D eigenvalue weighted by Crippen LogP contribution is 2.23. The number of rotatable bonds is 3. The summed E-state index contributed by atoms with van der Waals surface area (Å²) in [6.07, 6.45) is 1.36. The molecule has 0 spiro atoms. The molecule has 1 N–H and O–H groups in total. The minimum Gasteiger partial charge on any atom is -0.507 e. The maximum atomic E-state index is 10.6. The predicted octanol–water partition coefficient (Wildman–Crippen LogP) is 3.70. The standard InChI is InChI=1S/C13H9ClN2O3/c14-10-2-1-3-11(7-10)15-8-9-6-12(16(18)19)4-5-13(9)17/h1-8,17H. The molecule has 0 aliphatic heterocycles. The van der Waals surface area contributed by atoms with Crippen LogP contribution in [0.15, 0.2) is 47.5 Å². The third kappa shape index (κ3) is 3.29. The number of nitro benzene ring substituents is 1. The first-order valence-corrected chi connectivity index (χ1v) is 5.71. The zero-order valence-electron chi connectivity index (χ0n) is 9.65.